The van der Waals surface area contributed by atoms with Crippen molar-refractivity contribution in [2.75, 3.05) is 7.11 Å². The lowest BCUT2D eigenvalue weighted by Gasteiger charge is -2.21. The molecule has 0 aromatic heterocycles. The zero-order valence-electron chi connectivity index (χ0n) is 12.2. The number of methoxy groups -OCH3 is 1. The van der Waals surface area contributed by atoms with E-state index in [1.54, 1.807) is 7.11 Å². The van der Waals surface area contributed by atoms with Gasteiger partial charge < -0.3 is 15.2 Å². The predicted molar refractivity (Wildman–Crippen MR) is 81.0 cm³/mol. The molecular weight excluding hydrogens is 250 g/mol. The van der Waals surface area contributed by atoms with E-state index in [1.165, 1.54) is 0 Å². The summed E-state index contributed by atoms with van der Waals surface area (Å²) in [6, 6.07) is 15.8. The topological polar surface area (TPSA) is 44.5 Å². The molecule has 0 radical (unpaired) electrons. The van der Waals surface area contributed by atoms with E-state index in [0.717, 1.165) is 11.1 Å². The Kier molecular flexibility index (Phi) is 4.30. The van der Waals surface area contributed by atoms with E-state index in [0.29, 0.717) is 18.1 Å². The van der Waals surface area contributed by atoms with E-state index < -0.39 is 5.54 Å². The van der Waals surface area contributed by atoms with Crippen molar-refractivity contribution < 1.29 is 9.47 Å². The van der Waals surface area contributed by atoms with Crippen LogP contribution < -0.4 is 15.2 Å². The van der Waals surface area contributed by atoms with E-state index in [1.807, 2.05) is 62.4 Å². The van der Waals surface area contributed by atoms with Crippen LogP contribution in [0.15, 0.2) is 48.5 Å². The highest BCUT2D eigenvalue weighted by molar-refractivity contribution is 5.44. The molecule has 2 aromatic rings. The van der Waals surface area contributed by atoms with Crippen LogP contribution in [-0.4, -0.2) is 7.11 Å². The Bertz CT molecular complexity index is 559. The third-order valence-corrected chi connectivity index (χ3v) is 3.14. The number of hydrogen-bond acceptors (Lipinski definition) is 3. The predicted octanol–water partition coefficient (Wildman–Crippen LogP) is 3.47. The summed E-state index contributed by atoms with van der Waals surface area (Å²) in [7, 11) is 1.64. The zero-order chi connectivity index (χ0) is 14.6. The van der Waals surface area contributed by atoms with E-state index in [2.05, 4.69) is 0 Å². The minimum atomic E-state index is -0.406. The Hall–Kier alpha value is -2.00. The molecule has 0 aliphatic rings. The van der Waals surface area contributed by atoms with Gasteiger partial charge in [-0.25, -0.2) is 0 Å². The fraction of sp³-hybridized carbons (Fsp3) is 0.294. The standard InChI is InChI=1S/C17H21NO2/c1-17(2,18)14-9-10-15(19-3)16(11-14)20-12-13-7-5-4-6-8-13/h4-11H,12,18H2,1-3H3. The highest BCUT2D eigenvalue weighted by atomic mass is 16.5. The molecule has 2 rings (SSSR count). The summed E-state index contributed by atoms with van der Waals surface area (Å²) < 4.78 is 11.2. The van der Waals surface area contributed by atoms with Crippen LogP contribution in [0.3, 0.4) is 0 Å². The van der Waals surface area contributed by atoms with Crippen molar-refractivity contribution >= 4 is 0 Å². The summed E-state index contributed by atoms with van der Waals surface area (Å²) in [5.74, 6) is 1.43. The Balaban J connectivity index is 2.21. The molecule has 20 heavy (non-hydrogen) atoms. The molecule has 3 nitrogen and oxygen atoms in total. The number of ether oxygens (including phenoxy) is 2. The molecule has 0 saturated carbocycles. The van der Waals surface area contributed by atoms with Gasteiger partial charge in [0, 0.05) is 5.54 Å². The molecule has 0 unspecified atom stereocenters. The molecule has 0 bridgehead atoms. The molecule has 2 aromatic carbocycles. The van der Waals surface area contributed by atoms with E-state index in [4.69, 9.17) is 15.2 Å². The lowest BCUT2D eigenvalue weighted by atomic mass is 9.95. The molecule has 106 valence electrons. The van der Waals surface area contributed by atoms with Crippen LogP contribution in [-0.2, 0) is 12.1 Å². The third-order valence-electron chi connectivity index (χ3n) is 3.14. The SMILES string of the molecule is COc1ccc(C(C)(C)N)cc1OCc1ccccc1. The molecule has 0 fully saturated rings. The Morgan fingerprint density at radius 3 is 2.30 bits per heavy atom. The van der Waals surface area contributed by atoms with Gasteiger partial charge in [0.15, 0.2) is 11.5 Å². The van der Waals surface area contributed by atoms with Crippen molar-refractivity contribution in [1.29, 1.82) is 0 Å². The first-order valence-electron chi connectivity index (χ1n) is 6.65. The summed E-state index contributed by atoms with van der Waals surface area (Å²) in [5.41, 5.74) is 7.86. The molecule has 0 spiro atoms. The fourth-order valence-corrected chi connectivity index (χ4v) is 1.93. The smallest absolute Gasteiger partial charge is 0.162 e. The molecule has 0 saturated heterocycles. The summed E-state index contributed by atoms with van der Waals surface area (Å²) in [4.78, 5) is 0. The maximum Gasteiger partial charge on any atom is 0.162 e. The van der Waals surface area contributed by atoms with Crippen molar-refractivity contribution in [3.8, 4) is 11.5 Å². The Morgan fingerprint density at radius 1 is 1.00 bits per heavy atom. The van der Waals surface area contributed by atoms with Gasteiger partial charge in [0.25, 0.3) is 0 Å². The monoisotopic (exact) mass is 271 g/mol. The van der Waals surface area contributed by atoms with Crippen LogP contribution >= 0.6 is 0 Å². The van der Waals surface area contributed by atoms with E-state index in [9.17, 15) is 0 Å². The maximum atomic E-state index is 6.13. The quantitative estimate of drug-likeness (QED) is 0.905. The molecule has 0 amide bonds. The van der Waals surface area contributed by atoms with Crippen LogP contribution in [0.25, 0.3) is 0 Å². The summed E-state index contributed by atoms with van der Waals surface area (Å²) >= 11 is 0. The number of benzene rings is 2. The second-order valence-electron chi connectivity index (χ2n) is 5.36. The van der Waals surface area contributed by atoms with Crippen LogP contribution in [0, 0.1) is 0 Å². The van der Waals surface area contributed by atoms with Crippen LogP contribution in [0.4, 0.5) is 0 Å². The second-order valence-corrected chi connectivity index (χ2v) is 5.36. The molecular formula is C17H21NO2. The molecule has 0 atom stereocenters. The Labute approximate surface area is 120 Å². The summed E-state index contributed by atoms with van der Waals surface area (Å²) in [6.07, 6.45) is 0. The van der Waals surface area contributed by atoms with Gasteiger partial charge in [-0.05, 0) is 37.1 Å². The first kappa shape index (κ1) is 14.4. The molecule has 2 N–H and O–H groups in total. The molecule has 0 aliphatic carbocycles. The summed E-state index contributed by atoms with van der Waals surface area (Å²) in [6.45, 7) is 4.44. The van der Waals surface area contributed by atoms with E-state index >= 15 is 0 Å². The highest BCUT2D eigenvalue weighted by Crippen LogP contribution is 2.32. The normalized spacial score (nSPS) is 11.2. The van der Waals surface area contributed by atoms with Crippen molar-refractivity contribution in [3.63, 3.8) is 0 Å². The first-order chi connectivity index (χ1) is 9.50. The molecule has 0 heterocycles. The minimum absolute atomic E-state index is 0.406. The van der Waals surface area contributed by atoms with Gasteiger partial charge in [0.05, 0.1) is 7.11 Å². The number of rotatable bonds is 5. The van der Waals surface area contributed by atoms with Gasteiger partial charge in [-0.1, -0.05) is 36.4 Å². The van der Waals surface area contributed by atoms with Gasteiger partial charge in [-0.15, -0.1) is 0 Å². The number of hydrogen-bond donors (Lipinski definition) is 1. The lowest BCUT2D eigenvalue weighted by Crippen LogP contribution is -2.28. The van der Waals surface area contributed by atoms with Gasteiger partial charge in [-0.3, -0.25) is 0 Å². The van der Waals surface area contributed by atoms with Gasteiger partial charge >= 0.3 is 0 Å². The summed E-state index contributed by atoms with van der Waals surface area (Å²) in [5, 5.41) is 0. The van der Waals surface area contributed by atoms with Crippen LogP contribution in [0.2, 0.25) is 0 Å². The first-order valence-corrected chi connectivity index (χ1v) is 6.65. The fourth-order valence-electron chi connectivity index (χ4n) is 1.93. The van der Waals surface area contributed by atoms with Crippen molar-refractivity contribution in [2.24, 2.45) is 5.73 Å². The van der Waals surface area contributed by atoms with Crippen LogP contribution in [0.1, 0.15) is 25.0 Å². The van der Waals surface area contributed by atoms with Crippen molar-refractivity contribution in [2.45, 2.75) is 26.0 Å². The van der Waals surface area contributed by atoms with E-state index in [-0.39, 0.29) is 0 Å². The zero-order valence-corrected chi connectivity index (χ0v) is 12.2. The van der Waals surface area contributed by atoms with Gasteiger partial charge in [-0.2, -0.15) is 0 Å². The van der Waals surface area contributed by atoms with Crippen molar-refractivity contribution in [3.05, 3.63) is 59.7 Å². The second kappa shape index (κ2) is 5.97. The number of nitrogens with two attached hydrogens (primary N) is 1. The van der Waals surface area contributed by atoms with Crippen LogP contribution in [0.5, 0.6) is 11.5 Å². The largest absolute Gasteiger partial charge is 0.493 e. The third kappa shape index (κ3) is 3.52. The van der Waals surface area contributed by atoms with Gasteiger partial charge in [0.1, 0.15) is 6.61 Å². The average molecular weight is 271 g/mol. The Morgan fingerprint density at radius 2 is 1.70 bits per heavy atom. The molecule has 3 heteroatoms. The van der Waals surface area contributed by atoms with Gasteiger partial charge in [0.2, 0.25) is 0 Å². The highest BCUT2D eigenvalue weighted by Gasteiger charge is 2.17. The van der Waals surface area contributed by atoms with Crippen molar-refractivity contribution in [1.82, 2.24) is 0 Å². The lowest BCUT2D eigenvalue weighted by molar-refractivity contribution is 0.283. The average Bonchev–Trinajstić information content (AvgIpc) is 2.45. The minimum Gasteiger partial charge on any atom is -0.493 e. The molecule has 0 aliphatic heterocycles. The maximum absolute atomic E-state index is 6.13.